The first-order valence-corrected chi connectivity index (χ1v) is 10.5. The van der Waals surface area contributed by atoms with Crippen LogP contribution in [-0.2, 0) is 14.3 Å². The number of amides is 2. The smallest absolute Gasteiger partial charge is 0.251 e. The van der Waals surface area contributed by atoms with Crippen LogP contribution in [0.3, 0.4) is 0 Å². The van der Waals surface area contributed by atoms with Crippen LogP contribution in [0.25, 0.3) is 0 Å². The summed E-state index contributed by atoms with van der Waals surface area (Å²) in [5.74, 6) is -0.133. The Balaban J connectivity index is 1.50. The van der Waals surface area contributed by atoms with E-state index in [1.165, 1.54) is 0 Å². The molecular formula is C24H28N2O3. The predicted molar refractivity (Wildman–Crippen MR) is 111 cm³/mol. The molecule has 0 aromatic heterocycles. The molecule has 2 saturated heterocycles. The maximum atomic E-state index is 13.6. The van der Waals surface area contributed by atoms with Crippen LogP contribution in [0.4, 0.5) is 0 Å². The molecule has 5 heteroatoms. The van der Waals surface area contributed by atoms with Crippen LogP contribution in [0.5, 0.6) is 0 Å². The van der Waals surface area contributed by atoms with Gasteiger partial charge in [0.05, 0.1) is 5.92 Å². The maximum absolute atomic E-state index is 13.6. The summed E-state index contributed by atoms with van der Waals surface area (Å²) in [5.41, 5.74) is 2.00. The van der Waals surface area contributed by atoms with E-state index in [-0.39, 0.29) is 23.8 Å². The predicted octanol–water partition coefficient (Wildman–Crippen LogP) is 3.06. The Hall–Kier alpha value is -2.66. The molecule has 2 aliphatic heterocycles. The fourth-order valence-electron chi connectivity index (χ4n) is 4.29. The number of hydrogen-bond acceptors (Lipinski definition) is 3. The summed E-state index contributed by atoms with van der Waals surface area (Å²) < 4.78 is 5.57. The van der Waals surface area contributed by atoms with E-state index in [4.69, 9.17) is 4.74 Å². The molecule has 0 aliphatic carbocycles. The summed E-state index contributed by atoms with van der Waals surface area (Å²) in [7, 11) is 0. The lowest BCUT2D eigenvalue weighted by atomic mass is 9.90. The molecule has 2 aromatic carbocycles. The molecule has 4 rings (SSSR count). The van der Waals surface area contributed by atoms with Crippen molar-refractivity contribution < 1.29 is 14.3 Å². The minimum absolute atomic E-state index is 0.0828. The number of carbonyl (C=O) groups is 2. The van der Waals surface area contributed by atoms with Crippen LogP contribution in [0.2, 0.25) is 0 Å². The van der Waals surface area contributed by atoms with Crippen LogP contribution in [0.1, 0.15) is 36.3 Å². The van der Waals surface area contributed by atoms with Gasteiger partial charge in [-0.1, -0.05) is 60.7 Å². The second-order valence-electron chi connectivity index (χ2n) is 7.76. The standard InChI is InChI=1S/C24H28N2O3/c27-23(21-13-7-18-29-21)25-14-8-15-26(17-16-25)24(28)22(19-9-3-1-4-10-19)20-11-5-2-6-12-20/h1-6,9-12,21-22H,7-8,13-18H2. The molecular weight excluding hydrogens is 364 g/mol. The molecule has 2 aliphatic rings. The number of nitrogens with zero attached hydrogens (tertiary/aromatic N) is 2. The van der Waals surface area contributed by atoms with Gasteiger partial charge < -0.3 is 14.5 Å². The lowest BCUT2D eigenvalue weighted by Gasteiger charge is -2.27. The van der Waals surface area contributed by atoms with E-state index in [2.05, 4.69) is 0 Å². The van der Waals surface area contributed by atoms with Crippen molar-refractivity contribution in [2.45, 2.75) is 31.3 Å². The van der Waals surface area contributed by atoms with Gasteiger partial charge in [0.15, 0.2) is 0 Å². The van der Waals surface area contributed by atoms with Crippen molar-refractivity contribution in [3.63, 3.8) is 0 Å². The summed E-state index contributed by atoms with van der Waals surface area (Å²) in [5, 5.41) is 0. The first-order valence-electron chi connectivity index (χ1n) is 10.5. The first kappa shape index (κ1) is 19.6. The Labute approximate surface area is 172 Å². The van der Waals surface area contributed by atoms with Gasteiger partial charge in [-0.15, -0.1) is 0 Å². The van der Waals surface area contributed by atoms with Gasteiger partial charge in [-0.25, -0.2) is 0 Å². The third kappa shape index (κ3) is 4.51. The zero-order valence-electron chi connectivity index (χ0n) is 16.7. The van der Waals surface area contributed by atoms with Crippen molar-refractivity contribution in [2.24, 2.45) is 0 Å². The van der Waals surface area contributed by atoms with E-state index >= 15 is 0 Å². The van der Waals surface area contributed by atoms with Crippen LogP contribution in [0.15, 0.2) is 60.7 Å². The molecule has 0 radical (unpaired) electrons. The topological polar surface area (TPSA) is 49.9 Å². The van der Waals surface area contributed by atoms with Crippen LogP contribution in [0, 0.1) is 0 Å². The zero-order valence-corrected chi connectivity index (χ0v) is 16.7. The average Bonchev–Trinajstić information content (AvgIpc) is 3.19. The molecule has 29 heavy (non-hydrogen) atoms. The second-order valence-corrected chi connectivity index (χ2v) is 7.76. The quantitative estimate of drug-likeness (QED) is 0.804. The average molecular weight is 392 g/mol. The molecule has 5 nitrogen and oxygen atoms in total. The van der Waals surface area contributed by atoms with E-state index in [1.807, 2.05) is 70.5 Å². The van der Waals surface area contributed by atoms with Gasteiger partial charge in [0, 0.05) is 32.8 Å². The molecule has 2 fully saturated rings. The highest BCUT2D eigenvalue weighted by Gasteiger charge is 2.32. The number of rotatable bonds is 4. The summed E-state index contributed by atoms with van der Waals surface area (Å²) in [6, 6.07) is 19.9. The van der Waals surface area contributed by atoms with Gasteiger partial charge in [-0.05, 0) is 30.4 Å². The third-order valence-electron chi connectivity index (χ3n) is 5.84. The van der Waals surface area contributed by atoms with Crippen molar-refractivity contribution in [1.82, 2.24) is 9.80 Å². The van der Waals surface area contributed by atoms with E-state index in [1.54, 1.807) is 0 Å². The number of carbonyl (C=O) groups excluding carboxylic acids is 2. The highest BCUT2D eigenvalue weighted by atomic mass is 16.5. The fraction of sp³-hybridized carbons (Fsp3) is 0.417. The lowest BCUT2D eigenvalue weighted by Crippen LogP contribution is -2.42. The van der Waals surface area contributed by atoms with Crippen LogP contribution in [-0.4, -0.2) is 60.5 Å². The summed E-state index contributed by atoms with van der Waals surface area (Å²) in [6.07, 6.45) is 2.26. The zero-order chi connectivity index (χ0) is 20.1. The number of hydrogen-bond donors (Lipinski definition) is 0. The molecule has 2 aromatic rings. The Morgan fingerprint density at radius 3 is 1.97 bits per heavy atom. The van der Waals surface area contributed by atoms with Gasteiger partial charge in [-0.2, -0.15) is 0 Å². The van der Waals surface area contributed by atoms with Crippen molar-refractivity contribution >= 4 is 11.8 Å². The Kier molecular flexibility index (Phi) is 6.25. The highest BCUT2D eigenvalue weighted by molar-refractivity contribution is 5.87. The Morgan fingerprint density at radius 2 is 1.38 bits per heavy atom. The molecule has 2 amide bonds. The Bertz CT molecular complexity index is 779. The molecule has 1 atom stereocenters. The molecule has 0 bridgehead atoms. The van der Waals surface area contributed by atoms with Crippen molar-refractivity contribution in [2.75, 3.05) is 32.8 Å². The van der Waals surface area contributed by atoms with Gasteiger partial charge in [-0.3, -0.25) is 9.59 Å². The monoisotopic (exact) mass is 392 g/mol. The van der Waals surface area contributed by atoms with E-state index in [0.717, 1.165) is 30.4 Å². The van der Waals surface area contributed by atoms with Crippen molar-refractivity contribution in [3.8, 4) is 0 Å². The van der Waals surface area contributed by atoms with Crippen molar-refractivity contribution in [3.05, 3.63) is 71.8 Å². The molecule has 152 valence electrons. The van der Waals surface area contributed by atoms with Crippen LogP contribution < -0.4 is 0 Å². The first-order chi connectivity index (χ1) is 14.2. The number of benzene rings is 2. The maximum Gasteiger partial charge on any atom is 0.251 e. The fourth-order valence-corrected chi connectivity index (χ4v) is 4.29. The van der Waals surface area contributed by atoms with Crippen molar-refractivity contribution in [1.29, 1.82) is 0 Å². The molecule has 0 spiro atoms. The highest BCUT2D eigenvalue weighted by Crippen LogP contribution is 2.27. The number of ether oxygens (including phenoxy) is 1. The third-order valence-corrected chi connectivity index (χ3v) is 5.84. The van der Waals surface area contributed by atoms with E-state index in [0.29, 0.717) is 32.8 Å². The molecule has 1 unspecified atom stereocenters. The summed E-state index contributed by atoms with van der Waals surface area (Å²) in [6.45, 7) is 3.16. The summed E-state index contributed by atoms with van der Waals surface area (Å²) in [4.78, 5) is 30.1. The van der Waals surface area contributed by atoms with Gasteiger partial charge >= 0.3 is 0 Å². The molecule has 2 heterocycles. The lowest BCUT2D eigenvalue weighted by molar-refractivity contribution is -0.141. The minimum Gasteiger partial charge on any atom is -0.368 e. The largest absolute Gasteiger partial charge is 0.368 e. The van der Waals surface area contributed by atoms with Crippen LogP contribution >= 0.6 is 0 Å². The minimum atomic E-state index is -0.321. The van der Waals surface area contributed by atoms with E-state index < -0.39 is 0 Å². The molecule has 0 saturated carbocycles. The van der Waals surface area contributed by atoms with Gasteiger partial charge in [0.2, 0.25) is 5.91 Å². The second kappa shape index (κ2) is 9.23. The SMILES string of the molecule is O=C(C1CCCO1)N1CCCN(C(=O)C(c2ccccc2)c2ccccc2)CC1. The van der Waals surface area contributed by atoms with Gasteiger partial charge in [0.25, 0.3) is 5.91 Å². The normalized spacial score (nSPS) is 20.0. The van der Waals surface area contributed by atoms with Gasteiger partial charge in [0.1, 0.15) is 6.10 Å². The van der Waals surface area contributed by atoms with E-state index in [9.17, 15) is 9.59 Å². The molecule has 0 N–H and O–H groups in total. The summed E-state index contributed by atoms with van der Waals surface area (Å²) >= 11 is 0. The Morgan fingerprint density at radius 1 is 0.793 bits per heavy atom.